The molecule has 1 aromatic rings. The van der Waals surface area contributed by atoms with Crippen LogP contribution in [0.2, 0.25) is 0 Å². The topological polar surface area (TPSA) is 38.9 Å². The van der Waals surface area contributed by atoms with E-state index in [1.165, 1.54) is 0 Å². The fraction of sp³-hybridized carbons (Fsp3) is 0.500. The summed E-state index contributed by atoms with van der Waals surface area (Å²) in [7, 11) is 0. The van der Waals surface area contributed by atoms with Crippen LogP contribution in [0.5, 0.6) is 0 Å². The first-order chi connectivity index (χ1) is 4.68. The summed E-state index contributed by atoms with van der Waals surface area (Å²) in [4.78, 5) is 4.15. The fourth-order valence-electron chi connectivity index (χ4n) is 0.658. The smallest absolute Gasteiger partial charge is 0.0952 e. The molecule has 0 radical (unpaired) electrons. The summed E-state index contributed by atoms with van der Waals surface area (Å²) in [5.74, 6) is 0. The Hall–Kier alpha value is 0.0700. The van der Waals surface area contributed by atoms with Crippen LogP contribution in [0.3, 0.4) is 0 Å². The molecule has 0 bridgehead atoms. The van der Waals surface area contributed by atoms with Crippen LogP contribution in [-0.2, 0) is 6.42 Å². The van der Waals surface area contributed by atoms with Crippen molar-refractivity contribution in [2.75, 3.05) is 0 Å². The highest BCUT2D eigenvalue weighted by Crippen LogP contribution is 2.19. The number of nitrogens with two attached hydrogens (primary N) is 1. The molecule has 0 saturated carbocycles. The second kappa shape index (κ2) is 3.46. The molecule has 2 N–H and O–H groups in total. The van der Waals surface area contributed by atoms with Gasteiger partial charge in [-0.1, -0.05) is 0 Å². The second-order valence-electron chi connectivity index (χ2n) is 2.24. The lowest BCUT2D eigenvalue weighted by Gasteiger charge is -1.98. The van der Waals surface area contributed by atoms with Crippen LogP contribution < -0.4 is 5.73 Å². The second-order valence-corrected chi connectivity index (χ2v) is 4.73. The van der Waals surface area contributed by atoms with Crippen LogP contribution in [0, 0.1) is 0 Å². The van der Waals surface area contributed by atoms with Crippen molar-refractivity contribution in [3.63, 3.8) is 0 Å². The SMILES string of the molecule is CC(N)Cc1ncc(Br)s1. The van der Waals surface area contributed by atoms with Gasteiger partial charge in [0.15, 0.2) is 0 Å². The average molecular weight is 221 g/mol. The van der Waals surface area contributed by atoms with Gasteiger partial charge in [-0.05, 0) is 22.9 Å². The van der Waals surface area contributed by atoms with E-state index < -0.39 is 0 Å². The molecule has 0 spiro atoms. The van der Waals surface area contributed by atoms with E-state index in [4.69, 9.17) is 5.73 Å². The maximum absolute atomic E-state index is 5.59. The van der Waals surface area contributed by atoms with Crippen molar-refractivity contribution < 1.29 is 0 Å². The number of hydrogen-bond acceptors (Lipinski definition) is 3. The molecular weight excluding hydrogens is 212 g/mol. The first kappa shape index (κ1) is 8.17. The molecule has 0 fully saturated rings. The normalized spacial score (nSPS) is 13.5. The molecule has 1 unspecified atom stereocenters. The molecule has 0 saturated heterocycles. The Bertz CT molecular complexity index is 209. The molecular formula is C6H9BrN2S. The summed E-state index contributed by atoms with van der Waals surface area (Å²) < 4.78 is 1.07. The number of thiazole rings is 1. The third-order valence-electron chi connectivity index (χ3n) is 1.02. The lowest BCUT2D eigenvalue weighted by atomic mass is 10.3. The first-order valence-electron chi connectivity index (χ1n) is 3.04. The monoisotopic (exact) mass is 220 g/mol. The van der Waals surface area contributed by atoms with Gasteiger partial charge in [0.1, 0.15) is 0 Å². The Labute approximate surface area is 72.6 Å². The average Bonchev–Trinajstić information content (AvgIpc) is 2.13. The van der Waals surface area contributed by atoms with Crippen molar-refractivity contribution in [2.45, 2.75) is 19.4 Å². The summed E-state index contributed by atoms with van der Waals surface area (Å²) in [6.07, 6.45) is 2.68. The van der Waals surface area contributed by atoms with Crippen molar-refractivity contribution in [3.05, 3.63) is 15.0 Å². The van der Waals surface area contributed by atoms with E-state index in [-0.39, 0.29) is 6.04 Å². The van der Waals surface area contributed by atoms with Gasteiger partial charge in [-0.2, -0.15) is 0 Å². The molecule has 0 aromatic carbocycles. The maximum Gasteiger partial charge on any atom is 0.0952 e. The van der Waals surface area contributed by atoms with Crippen LogP contribution in [0.4, 0.5) is 0 Å². The Morgan fingerprint density at radius 1 is 1.90 bits per heavy atom. The molecule has 2 nitrogen and oxygen atoms in total. The minimum Gasteiger partial charge on any atom is -0.328 e. The van der Waals surface area contributed by atoms with Crippen LogP contribution in [-0.4, -0.2) is 11.0 Å². The van der Waals surface area contributed by atoms with Crippen molar-refractivity contribution in [1.29, 1.82) is 0 Å². The van der Waals surface area contributed by atoms with Gasteiger partial charge in [0.05, 0.1) is 15.0 Å². The zero-order chi connectivity index (χ0) is 7.56. The molecule has 0 aliphatic rings. The van der Waals surface area contributed by atoms with Crippen LogP contribution in [0.25, 0.3) is 0 Å². The summed E-state index contributed by atoms with van der Waals surface area (Å²) >= 11 is 4.98. The molecule has 0 amide bonds. The van der Waals surface area contributed by atoms with E-state index in [1.54, 1.807) is 11.3 Å². The standard InChI is InChI=1S/C6H9BrN2S/c1-4(8)2-6-9-3-5(7)10-6/h3-4H,2,8H2,1H3. The minimum atomic E-state index is 0.207. The maximum atomic E-state index is 5.59. The van der Waals surface area contributed by atoms with Gasteiger partial charge in [-0.3, -0.25) is 0 Å². The molecule has 1 heterocycles. The van der Waals surface area contributed by atoms with Crippen LogP contribution in [0.1, 0.15) is 11.9 Å². The number of aromatic nitrogens is 1. The molecule has 0 aliphatic heterocycles. The highest BCUT2D eigenvalue weighted by atomic mass is 79.9. The zero-order valence-corrected chi connectivity index (χ0v) is 8.08. The third kappa shape index (κ3) is 2.36. The number of rotatable bonds is 2. The molecule has 10 heavy (non-hydrogen) atoms. The molecule has 0 aliphatic carbocycles. The summed E-state index contributed by atoms with van der Waals surface area (Å²) in [6, 6.07) is 0.207. The van der Waals surface area contributed by atoms with Gasteiger partial charge in [-0.15, -0.1) is 11.3 Å². The quantitative estimate of drug-likeness (QED) is 0.826. The van der Waals surface area contributed by atoms with Gasteiger partial charge in [0.2, 0.25) is 0 Å². The van der Waals surface area contributed by atoms with Gasteiger partial charge in [0.25, 0.3) is 0 Å². The zero-order valence-electron chi connectivity index (χ0n) is 5.67. The number of hydrogen-bond donors (Lipinski definition) is 1. The number of halogens is 1. The Morgan fingerprint density at radius 2 is 2.60 bits per heavy atom. The van der Waals surface area contributed by atoms with Gasteiger partial charge in [-0.25, -0.2) is 4.98 Å². The van der Waals surface area contributed by atoms with E-state index in [9.17, 15) is 0 Å². The highest BCUT2D eigenvalue weighted by Gasteiger charge is 2.01. The molecule has 1 rings (SSSR count). The van der Waals surface area contributed by atoms with Crippen LogP contribution >= 0.6 is 27.3 Å². The minimum absolute atomic E-state index is 0.207. The predicted octanol–water partition coefficient (Wildman–Crippen LogP) is 1.80. The lowest BCUT2D eigenvalue weighted by Crippen LogP contribution is -2.17. The van der Waals surface area contributed by atoms with E-state index in [0.717, 1.165) is 15.2 Å². The van der Waals surface area contributed by atoms with Gasteiger partial charge in [0, 0.05) is 12.5 Å². The van der Waals surface area contributed by atoms with E-state index in [1.807, 2.05) is 13.1 Å². The summed E-state index contributed by atoms with van der Waals surface area (Å²) in [5.41, 5.74) is 5.59. The summed E-state index contributed by atoms with van der Waals surface area (Å²) in [5, 5.41) is 1.10. The fourth-order valence-corrected chi connectivity index (χ4v) is 2.10. The van der Waals surface area contributed by atoms with E-state index in [0.29, 0.717) is 0 Å². The predicted molar refractivity (Wildman–Crippen MR) is 47.2 cm³/mol. The molecule has 4 heteroatoms. The van der Waals surface area contributed by atoms with Crippen LogP contribution in [0.15, 0.2) is 9.98 Å². The molecule has 56 valence electrons. The first-order valence-corrected chi connectivity index (χ1v) is 4.65. The van der Waals surface area contributed by atoms with E-state index in [2.05, 4.69) is 20.9 Å². The molecule has 1 atom stereocenters. The highest BCUT2D eigenvalue weighted by molar-refractivity contribution is 9.11. The van der Waals surface area contributed by atoms with Gasteiger partial charge < -0.3 is 5.73 Å². The van der Waals surface area contributed by atoms with Crippen molar-refractivity contribution >= 4 is 27.3 Å². The molecule has 1 aromatic heterocycles. The van der Waals surface area contributed by atoms with E-state index >= 15 is 0 Å². The largest absolute Gasteiger partial charge is 0.328 e. The Morgan fingerprint density at radius 3 is 3.00 bits per heavy atom. The van der Waals surface area contributed by atoms with Crippen molar-refractivity contribution in [3.8, 4) is 0 Å². The Balaban J connectivity index is 2.58. The lowest BCUT2D eigenvalue weighted by molar-refractivity contribution is 0.734. The number of nitrogens with zero attached hydrogens (tertiary/aromatic N) is 1. The summed E-state index contributed by atoms with van der Waals surface area (Å²) in [6.45, 7) is 1.98. The third-order valence-corrected chi connectivity index (χ3v) is 2.52. The van der Waals surface area contributed by atoms with Crippen molar-refractivity contribution in [2.24, 2.45) is 5.73 Å². The Kier molecular flexibility index (Phi) is 2.82. The van der Waals surface area contributed by atoms with Gasteiger partial charge >= 0.3 is 0 Å². The van der Waals surface area contributed by atoms with Crippen molar-refractivity contribution in [1.82, 2.24) is 4.98 Å².